The van der Waals surface area contributed by atoms with Gasteiger partial charge in [0.1, 0.15) is 0 Å². The molecule has 0 spiro atoms. The van der Waals surface area contributed by atoms with E-state index in [2.05, 4.69) is 5.32 Å². The molecule has 0 radical (unpaired) electrons. The van der Waals surface area contributed by atoms with Crippen molar-refractivity contribution in [3.63, 3.8) is 0 Å². The number of aliphatic hydroxyl groups excluding tert-OH is 1. The lowest BCUT2D eigenvalue weighted by Crippen LogP contribution is -2.28. The second-order valence-corrected chi connectivity index (χ2v) is 2.04. The Morgan fingerprint density at radius 1 is 1.78 bits per heavy atom. The number of hydrogen-bond acceptors (Lipinski definition) is 3. The SMILES string of the molecule is CNCC(O)C(C)C#N. The Labute approximate surface area is 55.3 Å². The summed E-state index contributed by atoms with van der Waals surface area (Å²) in [6, 6.07) is 1.96. The van der Waals surface area contributed by atoms with Crippen molar-refractivity contribution in [1.29, 1.82) is 5.26 Å². The summed E-state index contributed by atoms with van der Waals surface area (Å²) in [5, 5.41) is 20.1. The van der Waals surface area contributed by atoms with Gasteiger partial charge in [0.2, 0.25) is 0 Å². The van der Waals surface area contributed by atoms with Crippen LogP contribution >= 0.6 is 0 Å². The van der Waals surface area contributed by atoms with Crippen molar-refractivity contribution in [2.75, 3.05) is 13.6 Å². The summed E-state index contributed by atoms with van der Waals surface area (Å²) in [5.41, 5.74) is 0. The molecular weight excluding hydrogens is 116 g/mol. The Kier molecular flexibility index (Phi) is 4.02. The number of likely N-dealkylation sites (N-methyl/N-ethyl adjacent to an activating group) is 1. The first-order valence-corrected chi connectivity index (χ1v) is 2.94. The third-order valence-electron chi connectivity index (χ3n) is 1.19. The second kappa shape index (κ2) is 4.30. The van der Waals surface area contributed by atoms with Crippen LogP contribution in [0.25, 0.3) is 0 Å². The van der Waals surface area contributed by atoms with Crippen molar-refractivity contribution in [1.82, 2.24) is 5.32 Å². The van der Waals surface area contributed by atoms with Crippen LogP contribution < -0.4 is 5.32 Å². The maximum Gasteiger partial charge on any atom is 0.0819 e. The molecule has 0 aliphatic rings. The van der Waals surface area contributed by atoms with Gasteiger partial charge in [-0.05, 0) is 14.0 Å². The van der Waals surface area contributed by atoms with Crippen LogP contribution in [0.15, 0.2) is 0 Å². The van der Waals surface area contributed by atoms with Gasteiger partial charge in [0, 0.05) is 6.54 Å². The van der Waals surface area contributed by atoms with Crippen molar-refractivity contribution in [2.24, 2.45) is 5.92 Å². The zero-order valence-corrected chi connectivity index (χ0v) is 5.76. The van der Waals surface area contributed by atoms with E-state index in [0.29, 0.717) is 6.54 Å². The van der Waals surface area contributed by atoms with E-state index in [-0.39, 0.29) is 5.92 Å². The van der Waals surface area contributed by atoms with Gasteiger partial charge >= 0.3 is 0 Å². The van der Waals surface area contributed by atoms with E-state index in [0.717, 1.165) is 0 Å². The van der Waals surface area contributed by atoms with E-state index in [9.17, 15) is 0 Å². The van der Waals surface area contributed by atoms with Gasteiger partial charge in [0.05, 0.1) is 18.1 Å². The van der Waals surface area contributed by atoms with Crippen LogP contribution in [0.4, 0.5) is 0 Å². The standard InChI is InChI=1S/C6H12N2O/c1-5(3-7)6(9)4-8-2/h5-6,8-9H,4H2,1-2H3. The fourth-order valence-corrected chi connectivity index (χ4v) is 0.472. The van der Waals surface area contributed by atoms with Gasteiger partial charge in [0.25, 0.3) is 0 Å². The molecule has 0 bridgehead atoms. The van der Waals surface area contributed by atoms with Gasteiger partial charge in [-0.2, -0.15) is 5.26 Å². The summed E-state index contributed by atoms with van der Waals surface area (Å²) >= 11 is 0. The second-order valence-electron chi connectivity index (χ2n) is 2.04. The van der Waals surface area contributed by atoms with Crippen LogP contribution in [0.2, 0.25) is 0 Å². The molecular formula is C6H12N2O. The maximum atomic E-state index is 9.03. The van der Waals surface area contributed by atoms with Crippen LogP contribution in [-0.2, 0) is 0 Å². The molecule has 0 saturated carbocycles. The zero-order valence-electron chi connectivity index (χ0n) is 5.76. The molecule has 2 N–H and O–H groups in total. The van der Waals surface area contributed by atoms with Gasteiger partial charge in [-0.15, -0.1) is 0 Å². The van der Waals surface area contributed by atoms with Gasteiger partial charge < -0.3 is 10.4 Å². The minimum absolute atomic E-state index is 0.280. The fraction of sp³-hybridized carbons (Fsp3) is 0.833. The summed E-state index contributed by atoms with van der Waals surface area (Å²) in [6.45, 7) is 2.18. The van der Waals surface area contributed by atoms with E-state index in [1.807, 2.05) is 6.07 Å². The van der Waals surface area contributed by atoms with Crippen molar-refractivity contribution >= 4 is 0 Å². The highest BCUT2D eigenvalue weighted by Crippen LogP contribution is 1.97. The van der Waals surface area contributed by atoms with Crippen molar-refractivity contribution in [3.05, 3.63) is 0 Å². The minimum atomic E-state index is -0.542. The molecule has 0 aliphatic carbocycles. The Morgan fingerprint density at radius 3 is 2.67 bits per heavy atom. The average Bonchev–Trinajstić information content (AvgIpc) is 1.87. The number of nitrogens with one attached hydrogen (secondary N) is 1. The topological polar surface area (TPSA) is 56.0 Å². The normalized spacial score (nSPS) is 16.2. The van der Waals surface area contributed by atoms with Crippen molar-refractivity contribution in [3.8, 4) is 6.07 Å². The Hall–Kier alpha value is -0.590. The molecule has 9 heavy (non-hydrogen) atoms. The van der Waals surface area contributed by atoms with Crippen LogP contribution in [-0.4, -0.2) is 24.8 Å². The lowest BCUT2D eigenvalue weighted by Gasteiger charge is -2.10. The largest absolute Gasteiger partial charge is 0.390 e. The first-order valence-electron chi connectivity index (χ1n) is 2.94. The molecule has 0 aromatic rings. The fourth-order valence-electron chi connectivity index (χ4n) is 0.472. The highest BCUT2D eigenvalue weighted by molar-refractivity contribution is 4.84. The van der Waals surface area contributed by atoms with Crippen molar-refractivity contribution < 1.29 is 5.11 Å². The van der Waals surface area contributed by atoms with Crippen LogP contribution in [0.1, 0.15) is 6.92 Å². The highest BCUT2D eigenvalue weighted by atomic mass is 16.3. The number of rotatable bonds is 3. The smallest absolute Gasteiger partial charge is 0.0819 e. The van der Waals surface area contributed by atoms with Gasteiger partial charge in [-0.25, -0.2) is 0 Å². The Morgan fingerprint density at radius 2 is 2.33 bits per heavy atom. The molecule has 2 unspecified atom stereocenters. The van der Waals surface area contributed by atoms with Gasteiger partial charge in [-0.3, -0.25) is 0 Å². The molecule has 0 fully saturated rings. The molecule has 0 rings (SSSR count). The summed E-state index contributed by atoms with van der Waals surface area (Å²) in [7, 11) is 1.74. The number of aliphatic hydroxyl groups is 1. The van der Waals surface area contributed by atoms with E-state index < -0.39 is 6.10 Å². The van der Waals surface area contributed by atoms with Crippen LogP contribution in [0.5, 0.6) is 0 Å². The van der Waals surface area contributed by atoms with Gasteiger partial charge in [-0.1, -0.05) is 0 Å². The minimum Gasteiger partial charge on any atom is -0.390 e. The zero-order chi connectivity index (χ0) is 7.28. The third-order valence-corrected chi connectivity index (χ3v) is 1.19. The molecule has 0 saturated heterocycles. The van der Waals surface area contributed by atoms with Crippen molar-refractivity contribution in [2.45, 2.75) is 13.0 Å². The first kappa shape index (κ1) is 8.41. The molecule has 3 heteroatoms. The Balaban J connectivity index is 3.48. The molecule has 0 amide bonds. The lowest BCUT2D eigenvalue weighted by molar-refractivity contribution is 0.141. The molecule has 0 aromatic heterocycles. The molecule has 52 valence electrons. The predicted octanol–water partition coefficient (Wildman–Crippen LogP) is -0.274. The van der Waals surface area contributed by atoms with E-state index in [1.165, 1.54) is 0 Å². The molecule has 0 aliphatic heterocycles. The average molecular weight is 128 g/mol. The number of hydrogen-bond donors (Lipinski definition) is 2. The summed E-state index contributed by atoms with van der Waals surface area (Å²) in [4.78, 5) is 0. The predicted molar refractivity (Wildman–Crippen MR) is 34.7 cm³/mol. The third kappa shape index (κ3) is 3.07. The quantitative estimate of drug-likeness (QED) is 0.550. The monoisotopic (exact) mass is 128 g/mol. The number of nitrogens with zero attached hydrogens (tertiary/aromatic N) is 1. The van der Waals surface area contributed by atoms with E-state index >= 15 is 0 Å². The first-order chi connectivity index (χ1) is 4.22. The van der Waals surface area contributed by atoms with E-state index in [1.54, 1.807) is 14.0 Å². The van der Waals surface area contributed by atoms with E-state index in [4.69, 9.17) is 10.4 Å². The number of nitriles is 1. The molecule has 3 nitrogen and oxygen atoms in total. The summed E-state index contributed by atoms with van der Waals surface area (Å²) < 4.78 is 0. The van der Waals surface area contributed by atoms with Crippen LogP contribution in [0, 0.1) is 17.2 Å². The molecule has 0 aromatic carbocycles. The summed E-state index contributed by atoms with van der Waals surface area (Å²) in [5.74, 6) is -0.280. The van der Waals surface area contributed by atoms with Crippen LogP contribution in [0.3, 0.4) is 0 Å². The molecule has 2 atom stereocenters. The highest BCUT2D eigenvalue weighted by Gasteiger charge is 2.10. The van der Waals surface area contributed by atoms with Gasteiger partial charge in [0.15, 0.2) is 0 Å². The Bertz CT molecular complexity index is 108. The summed E-state index contributed by atoms with van der Waals surface area (Å²) in [6.07, 6.45) is -0.542. The molecule has 0 heterocycles. The lowest BCUT2D eigenvalue weighted by atomic mass is 10.1. The maximum absolute atomic E-state index is 9.03.